The molecule has 0 unspecified atom stereocenters. The summed E-state index contributed by atoms with van der Waals surface area (Å²) in [6, 6.07) is 3.72. The van der Waals surface area contributed by atoms with Gasteiger partial charge in [-0.1, -0.05) is 6.07 Å². The number of rotatable bonds is 4. The fourth-order valence-corrected chi connectivity index (χ4v) is 1.38. The predicted molar refractivity (Wildman–Crippen MR) is 65.5 cm³/mol. The van der Waals surface area contributed by atoms with E-state index in [4.69, 9.17) is 10.5 Å². The Morgan fingerprint density at radius 3 is 2.69 bits per heavy atom. The molecule has 0 atom stereocenters. The number of nitrogens with two attached hydrogens (primary N) is 1. The molecule has 0 heterocycles. The maximum atomic E-state index is 11.4. The van der Waals surface area contributed by atoms with Gasteiger partial charge in [0.15, 0.2) is 0 Å². The first-order valence-corrected chi connectivity index (χ1v) is 5.29. The van der Waals surface area contributed by atoms with Gasteiger partial charge in [-0.25, -0.2) is 0 Å². The second kappa shape index (κ2) is 5.51. The molecule has 0 bridgehead atoms. The van der Waals surface area contributed by atoms with E-state index in [1.807, 2.05) is 26.8 Å². The van der Waals surface area contributed by atoms with Crippen LogP contribution in [0.5, 0.6) is 0 Å². The van der Waals surface area contributed by atoms with E-state index in [-0.39, 0.29) is 12.5 Å². The lowest BCUT2D eigenvalue weighted by Crippen LogP contribution is -2.19. The summed E-state index contributed by atoms with van der Waals surface area (Å²) in [7, 11) is 0. The predicted octanol–water partition coefficient (Wildman–Crippen LogP) is 1.86. The van der Waals surface area contributed by atoms with E-state index in [0.29, 0.717) is 12.3 Å². The zero-order chi connectivity index (χ0) is 12.1. The van der Waals surface area contributed by atoms with Gasteiger partial charge in [0.2, 0.25) is 5.91 Å². The zero-order valence-electron chi connectivity index (χ0n) is 9.96. The monoisotopic (exact) mass is 222 g/mol. The Morgan fingerprint density at radius 2 is 2.06 bits per heavy atom. The SMILES string of the molecule is CCOCC(=O)Nc1cc(N)c(C)cc1C. The summed E-state index contributed by atoms with van der Waals surface area (Å²) in [6.07, 6.45) is 0. The molecule has 16 heavy (non-hydrogen) atoms. The van der Waals surface area contributed by atoms with Crippen molar-refractivity contribution in [2.45, 2.75) is 20.8 Å². The van der Waals surface area contributed by atoms with Crippen LogP contribution in [0.2, 0.25) is 0 Å². The van der Waals surface area contributed by atoms with E-state index in [9.17, 15) is 4.79 Å². The zero-order valence-corrected chi connectivity index (χ0v) is 9.96. The third-order valence-corrected chi connectivity index (χ3v) is 2.32. The van der Waals surface area contributed by atoms with Gasteiger partial charge in [-0.05, 0) is 38.0 Å². The number of benzene rings is 1. The normalized spacial score (nSPS) is 10.2. The minimum Gasteiger partial charge on any atom is -0.398 e. The molecule has 0 radical (unpaired) electrons. The number of anilines is 2. The summed E-state index contributed by atoms with van der Waals surface area (Å²) in [5.74, 6) is -0.159. The molecule has 1 aromatic carbocycles. The van der Waals surface area contributed by atoms with Crippen LogP contribution < -0.4 is 11.1 Å². The first-order chi connectivity index (χ1) is 7.54. The fraction of sp³-hybridized carbons (Fsp3) is 0.417. The second-order valence-electron chi connectivity index (χ2n) is 3.71. The third-order valence-electron chi connectivity index (χ3n) is 2.32. The lowest BCUT2D eigenvalue weighted by molar-refractivity contribution is -0.120. The summed E-state index contributed by atoms with van der Waals surface area (Å²) >= 11 is 0. The van der Waals surface area contributed by atoms with Gasteiger partial charge in [0.05, 0.1) is 0 Å². The van der Waals surface area contributed by atoms with E-state index in [1.165, 1.54) is 0 Å². The maximum Gasteiger partial charge on any atom is 0.250 e. The molecular weight excluding hydrogens is 204 g/mol. The number of hydrogen-bond acceptors (Lipinski definition) is 3. The molecule has 0 spiro atoms. The lowest BCUT2D eigenvalue weighted by atomic mass is 10.1. The average molecular weight is 222 g/mol. The molecule has 88 valence electrons. The number of hydrogen-bond donors (Lipinski definition) is 2. The van der Waals surface area contributed by atoms with Crippen LogP contribution in [0.15, 0.2) is 12.1 Å². The number of carbonyl (C=O) groups is 1. The summed E-state index contributed by atoms with van der Waals surface area (Å²) < 4.78 is 5.02. The number of nitrogen functional groups attached to an aromatic ring is 1. The van der Waals surface area contributed by atoms with Crippen LogP contribution in [-0.2, 0) is 9.53 Å². The van der Waals surface area contributed by atoms with Gasteiger partial charge in [-0.3, -0.25) is 4.79 Å². The minimum absolute atomic E-state index is 0.0731. The Kier molecular flexibility index (Phi) is 4.31. The highest BCUT2D eigenvalue weighted by Gasteiger charge is 2.06. The Hall–Kier alpha value is -1.55. The third kappa shape index (κ3) is 3.24. The van der Waals surface area contributed by atoms with Crippen molar-refractivity contribution < 1.29 is 9.53 Å². The summed E-state index contributed by atoms with van der Waals surface area (Å²) in [4.78, 5) is 11.4. The van der Waals surface area contributed by atoms with Gasteiger partial charge >= 0.3 is 0 Å². The molecule has 1 rings (SSSR count). The van der Waals surface area contributed by atoms with Gasteiger partial charge in [0.25, 0.3) is 0 Å². The van der Waals surface area contributed by atoms with Gasteiger partial charge in [-0.2, -0.15) is 0 Å². The van der Waals surface area contributed by atoms with Crippen molar-refractivity contribution in [2.24, 2.45) is 0 Å². The van der Waals surface area contributed by atoms with Crippen molar-refractivity contribution in [3.8, 4) is 0 Å². The number of ether oxygens (including phenoxy) is 1. The van der Waals surface area contributed by atoms with E-state index < -0.39 is 0 Å². The van der Waals surface area contributed by atoms with Crippen molar-refractivity contribution in [3.05, 3.63) is 23.3 Å². The smallest absolute Gasteiger partial charge is 0.250 e. The highest BCUT2D eigenvalue weighted by atomic mass is 16.5. The topological polar surface area (TPSA) is 64.3 Å². The van der Waals surface area contributed by atoms with Crippen LogP contribution in [0.4, 0.5) is 11.4 Å². The molecule has 0 saturated heterocycles. The Bertz CT molecular complexity index is 389. The van der Waals surface area contributed by atoms with E-state index in [0.717, 1.165) is 16.8 Å². The van der Waals surface area contributed by atoms with Crippen LogP contribution in [0.25, 0.3) is 0 Å². The molecule has 0 aliphatic heterocycles. The Balaban J connectivity index is 2.73. The fourth-order valence-electron chi connectivity index (χ4n) is 1.38. The molecular formula is C12H18N2O2. The number of amides is 1. The average Bonchev–Trinajstić information content (AvgIpc) is 2.23. The number of carbonyl (C=O) groups excluding carboxylic acids is 1. The molecule has 0 saturated carbocycles. The summed E-state index contributed by atoms with van der Waals surface area (Å²) in [6.45, 7) is 6.32. The van der Waals surface area contributed by atoms with E-state index >= 15 is 0 Å². The van der Waals surface area contributed by atoms with Crippen molar-refractivity contribution >= 4 is 17.3 Å². The van der Waals surface area contributed by atoms with Crippen molar-refractivity contribution in [1.29, 1.82) is 0 Å². The molecule has 4 nitrogen and oxygen atoms in total. The van der Waals surface area contributed by atoms with Gasteiger partial charge < -0.3 is 15.8 Å². The van der Waals surface area contributed by atoms with Gasteiger partial charge in [-0.15, -0.1) is 0 Å². The van der Waals surface area contributed by atoms with Gasteiger partial charge in [0.1, 0.15) is 6.61 Å². The standard InChI is InChI=1S/C12H18N2O2/c1-4-16-7-12(15)14-11-6-10(13)8(2)5-9(11)3/h5-6H,4,7,13H2,1-3H3,(H,14,15). The molecule has 0 fully saturated rings. The van der Waals surface area contributed by atoms with E-state index in [2.05, 4.69) is 5.32 Å². The van der Waals surface area contributed by atoms with Crippen LogP contribution >= 0.6 is 0 Å². The molecule has 4 heteroatoms. The highest BCUT2D eigenvalue weighted by molar-refractivity contribution is 5.93. The maximum absolute atomic E-state index is 11.4. The minimum atomic E-state index is -0.159. The van der Waals surface area contributed by atoms with Crippen LogP contribution in [0, 0.1) is 13.8 Å². The highest BCUT2D eigenvalue weighted by Crippen LogP contribution is 2.21. The summed E-state index contributed by atoms with van der Waals surface area (Å²) in [5, 5.41) is 2.77. The Labute approximate surface area is 95.8 Å². The first kappa shape index (κ1) is 12.5. The summed E-state index contributed by atoms with van der Waals surface area (Å²) in [5.41, 5.74) is 9.22. The van der Waals surface area contributed by atoms with Crippen molar-refractivity contribution in [1.82, 2.24) is 0 Å². The van der Waals surface area contributed by atoms with Crippen molar-refractivity contribution in [3.63, 3.8) is 0 Å². The van der Waals surface area contributed by atoms with Crippen LogP contribution in [0.3, 0.4) is 0 Å². The van der Waals surface area contributed by atoms with Crippen molar-refractivity contribution in [2.75, 3.05) is 24.3 Å². The quantitative estimate of drug-likeness (QED) is 0.764. The first-order valence-electron chi connectivity index (χ1n) is 5.29. The molecule has 0 aromatic heterocycles. The second-order valence-corrected chi connectivity index (χ2v) is 3.71. The lowest BCUT2D eigenvalue weighted by Gasteiger charge is -2.11. The van der Waals surface area contributed by atoms with Gasteiger partial charge in [0, 0.05) is 18.0 Å². The number of aryl methyl sites for hydroxylation is 2. The molecule has 0 aliphatic carbocycles. The number of nitrogens with one attached hydrogen (secondary N) is 1. The van der Waals surface area contributed by atoms with Crippen LogP contribution in [0.1, 0.15) is 18.1 Å². The molecule has 3 N–H and O–H groups in total. The largest absolute Gasteiger partial charge is 0.398 e. The van der Waals surface area contributed by atoms with Crippen LogP contribution in [-0.4, -0.2) is 19.1 Å². The Morgan fingerprint density at radius 1 is 1.38 bits per heavy atom. The molecule has 1 aromatic rings. The molecule has 0 aliphatic rings. The molecule has 1 amide bonds. The van der Waals surface area contributed by atoms with E-state index in [1.54, 1.807) is 6.07 Å².